The Kier molecular flexibility index (Phi) is 4.23. The minimum atomic E-state index is -0.383. The molecule has 2 heterocycles. The van der Waals surface area contributed by atoms with Crippen molar-refractivity contribution in [3.8, 4) is 0 Å². The molecule has 5 nitrogen and oxygen atoms in total. The number of nitrogens with zero attached hydrogens (tertiary/aromatic N) is 2. The summed E-state index contributed by atoms with van der Waals surface area (Å²) in [5.74, 6) is -0.480. The van der Waals surface area contributed by atoms with E-state index in [1.54, 1.807) is 30.0 Å². The van der Waals surface area contributed by atoms with Gasteiger partial charge in [0.05, 0.1) is 0 Å². The van der Waals surface area contributed by atoms with Crippen LogP contribution in [0, 0.1) is 12.7 Å². The normalized spacial score (nSPS) is 18.0. The van der Waals surface area contributed by atoms with E-state index in [2.05, 4.69) is 9.97 Å². The number of carbonyl (C=O) groups excluding carboxylic acids is 1. The molecule has 1 amide bonds. The van der Waals surface area contributed by atoms with Crippen LogP contribution >= 0.6 is 0 Å². The van der Waals surface area contributed by atoms with Gasteiger partial charge in [0.1, 0.15) is 5.82 Å². The summed E-state index contributed by atoms with van der Waals surface area (Å²) < 4.78 is 13.7. The number of aromatic nitrogens is 2. The van der Waals surface area contributed by atoms with Gasteiger partial charge in [0.2, 0.25) is 0 Å². The highest BCUT2D eigenvalue weighted by Crippen LogP contribution is 2.26. The van der Waals surface area contributed by atoms with Crippen LogP contribution in [0.3, 0.4) is 0 Å². The summed E-state index contributed by atoms with van der Waals surface area (Å²) >= 11 is 0. The number of benzene rings is 1. The lowest BCUT2D eigenvalue weighted by atomic mass is 9.94. The minimum Gasteiger partial charge on any atom is -0.338 e. The molecular weight excluding hydrogens is 297 g/mol. The molecule has 1 aliphatic heterocycles. The van der Waals surface area contributed by atoms with Crippen LogP contribution < -0.4 is 5.69 Å². The van der Waals surface area contributed by atoms with E-state index in [1.807, 2.05) is 0 Å². The Morgan fingerprint density at radius 1 is 1.39 bits per heavy atom. The zero-order valence-corrected chi connectivity index (χ0v) is 12.9. The number of nitrogens with one attached hydrogen (secondary N) is 1. The van der Waals surface area contributed by atoms with E-state index in [0.717, 1.165) is 18.5 Å². The molecule has 0 bridgehead atoms. The first-order valence-electron chi connectivity index (χ1n) is 7.65. The molecule has 2 aromatic rings. The number of carbonyl (C=O) groups is 1. The van der Waals surface area contributed by atoms with E-state index in [4.69, 9.17) is 0 Å². The molecule has 23 heavy (non-hydrogen) atoms. The summed E-state index contributed by atoms with van der Waals surface area (Å²) in [6, 6.07) is 6.32. The monoisotopic (exact) mass is 315 g/mol. The first kappa shape index (κ1) is 15.4. The van der Waals surface area contributed by atoms with Crippen molar-refractivity contribution < 1.29 is 9.18 Å². The molecule has 1 unspecified atom stereocenters. The number of halogens is 1. The lowest BCUT2D eigenvalue weighted by Gasteiger charge is -2.32. The molecule has 1 aliphatic rings. The van der Waals surface area contributed by atoms with E-state index in [1.165, 1.54) is 12.3 Å². The van der Waals surface area contributed by atoms with Crippen molar-refractivity contribution in [1.29, 1.82) is 0 Å². The summed E-state index contributed by atoms with van der Waals surface area (Å²) in [6.07, 6.45) is 3.21. The maximum atomic E-state index is 13.7. The third kappa shape index (κ3) is 3.31. The van der Waals surface area contributed by atoms with Crippen LogP contribution in [0.15, 0.2) is 35.3 Å². The lowest BCUT2D eigenvalue weighted by molar-refractivity contribution is 0.0705. The Balaban J connectivity index is 1.79. The number of aryl methyl sites for hydroxylation is 1. The van der Waals surface area contributed by atoms with Crippen molar-refractivity contribution in [2.45, 2.75) is 25.7 Å². The fourth-order valence-electron chi connectivity index (χ4n) is 2.94. The first-order valence-corrected chi connectivity index (χ1v) is 7.65. The van der Waals surface area contributed by atoms with E-state index in [0.29, 0.717) is 24.2 Å². The van der Waals surface area contributed by atoms with Crippen LogP contribution in [0.4, 0.5) is 4.39 Å². The molecule has 6 heteroatoms. The van der Waals surface area contributed by atoms with Gasteiger partial charge in [-0.1, -0.05) is 6.07 Å². The van der Waals surface area contributed by atoms with Crippen molar-refractivity contribution in [3.63, 3.8) is 0 Å². The van der Waals surface area contributed by atoms with Gasteiger partial charge in [0.15, 0.2) is 0 Å². The van der Waals surface area contributed by atoms with E-state index in [9.17, 15) is 14.0 Å². The molecule has 0 aliphatic carbocycles. The number of hydrogen-bond acceptors (Lipinski definition) is 3. The SMILES string of the molecule is Cc1ccc(C(=O)N2CCCC(c3ccnc(=O)[nH]3)C2)cc1F. The second-order valence-electron chi connectivity index (χ2n) is 5.88. The third-order valence-electron chi connectivity index (χ3n) is 4.26. The second kappa shape index (κ2) is 6.32. The van der Waals surface area contributed by atoms with E-state index < -0.39 is 0 Å². The zero-order chi connectivity index (χ0) is 16.4. The Hall–Kier alpha value is -2.50. The summed E-state index contributed by atoms with van der Waals surface area (Å²) in [5, 5.41) is 0. The van der Waals surface area contributed by atoms with Gasteiger partial charge in [0, 0.05) is 36.5 Å². The van der Waals surface area contributed by atoms with Crippen molar-refractivity contribution in [3.05, 3.63) is 63.6 Å². The van der Waals surface area contributed by atoms with Gasteiger partial charge >= 0.3 is 5.69 Å². The molecular formula is C17H18FN3O2. The van der Waals surface area contributed by atoms with Crippen LogP contribution in [0.2, 0.25) is 0 Å². The highest BCUT2D eigenvalue weighted by atomic mass is 19.1. The second-order valence-corrected chi connectivity index (χ2v) is 5.88. The number of H-pyrrole nitrogens is 1. The van der Waals surface area contributed by atoms with Gasteiger partial charge in [-0.15, -0.1) is 0 Å². The first-order chi connectivity index (χ1) is 11.0. The highest BCUT2D eigenvalue weighted by Gasteiger charge is 2.26. The largest absolute Gasteiger partial charge is 0.345 e. The van der Waals surface area contributed by atoms with Crippen molar-refractivity contribution in [1.82, 2.24) is 14.9 Å². The van der Waals surface area contributed by atoms with Crippen LogP contribution in [-0.4, -0.2) is 33.9 Å². The standard InChI is InChI=1S/C17H18FN3O2/c1-11-4-5-12(9-14(11)18)16(22)21-8-2-3-13(10-21)15-6-7-19-17(23)20-15/h4-7,9,13H,2-3,8,10H2,1H3,(H,19,20,23). The molecule has 1 saturated heterocycles. The summed E-state index contributed by atoms with van der Waals surface area (Å²) in [6.45, 7) is 2.81. The minimum absolute atomic E-state index is 0.0682. The summed E-state index contributed by atoms with van der Waals surface area (Å²) in [7, 11) is 0. The average Bonchev–Trinajstić information content (AvgIpc) is 2.57. The van der Waals surface area contributed by atoms with Crippen LogP contribution in [0.5, 0.6) is 0 Å². The smallest absolute Gasteiger partial charge is 0.338 e. The van der Waals surface area contributed by atoms with Crippen LogP contribution in [0.1, 0.15) is 40.4 Å². The molecule has 3 rings (SSSR count). The van der Waals surface area contributed by atoms with Gasteiger partial charge in [-0.3, -0.25) is 4.79 Å². The summed E-state index contributed by atoms with van der Waals surface area (Å²) in [5.41, 5.74) is 1.29. The van der Waals surface area contributed by atoms with Crippen LogP contribution in [-0.2, 0) is 0 Å². The van der Waals surface area contributed by atoms with Crippen molar-refractivity contribution in [2.75, 3.05) is 13.1 Å². The maximum absolute atomic E-state index is 13.7. The molecule has 1 atom stereocenters. The molecule has 0 spiro atoms. The number of rotatable bonds is 2. The quantitative estimate of drug-likeness (QED) is 0.924. The molecule has 0 radical (unpaired) electrons. The molecule has 0 saturated carbocycles. The van der Waals surface area contributed by atoms with Gasteiger partial charge in [-0.05, 0) is 43.5 Å². The highest BCUT2D eigenvalue weighted by molar-refractivity contribution is 5.94. The fraction of sp³-hybridized carbons (Fsp3) is 0.353. The average molecular weight is 315 g/mol. The van der Waals surface area contributed by atoms with E-state index in [-0.39, 0.29) is 23.3 Å². The Labute approximate surface area is 133 Å². The lowest BCUT2D eigenvalue weighted by Crippen LogP contribution is -2.39. The maximum Gasteiger partial charge on any atom is 0.345 e. The number of hydrogen-bond donors (Lipinski definition) is 1. The molecule has 1 aromatic carbocycles. The number of piperidine rings is 1. The number of amides is 1. The Bertz CT molecular complexity index is 787. The van der Waals surface area contributed by atoms with Gasteiger partial charge in [-0.2, -0.15) is 0 Å². The molecule has 1 aromatic heterocycles. The Morgan fingerprint density at radius 3 is 2.96 bits per heavy atom. The van der Waals surface area contributed by atoms with Crippen molar-refractivity contribution in [2.24, 2.45) is 0 Å². The van der Waals surface area contributed by atoms with Gasteiger partial charge < -0.3 is 9.88 Å². The van der Waals surface area contributed by atoms with Gasteiger partial charge in [-0.25, -0.2) is 14.2 Å². The predicted molar refractivity (Wildman–Crippen MR) is 83.9 cm³/mol. The molecule has 1 N–H and O–H groups in total. The van der Waals surface area contributed by atoms with Crippen molar-refractivity contribution >= 4 is 5.91 Å². The number of likely N-dealkylation sites (tertiary alicyclic amines) is 1. The third-order valence-corrected chi connectivity index (χ3v) is 4.26. The summed E-state index contributed by atoms with van der Waals surface area (Å²) in [4.78, 5) is 32.0. The fourth-order valence-corrected chi connectivity index (χ4v) is 2.94. The topological polar surface area (TPSA) is 66.1 Å². The molecule has 1 fully saturated rings. The zero-order valence-electron chi connectivity index (χ0n) is 12.9. The van der Waals surface area contributed by atoms with Crippen LogP contribution in [0.25, 0.3) is 0 Å². The number of aromatic amines is 1. The van der Waals surface area contributed by atoms with Gasteiger partial charge in [0.25, 0.3) is 5.91 Å². The van der Waals surface area contributed by atoms with E-state index >= 15 is 0 Å². The predicted octanol–water partition coefficient (Wildman–Crippen LogP) is 2.24. The molecule has 120 valence electrons. The Morgan fingerprint density at radius 2 is 2.22 bits per heavy atom.